The third-order valence-corrected chi connectivity index (χ3v) is 4.16. The summed E-state index contributed by atoms with van der Waals surface area (Å²) in [6.45, 7) is -4.05. The van der Waals surface area contributed by atoms with E-state index in [1.807, 2.05) is 0 Å². The molecule has 1 aromatic rings. The van der Waals surface area contributed by atoms with E-state index >= 15 is 0 Å². The number of carbonyl (C=O) groups excluding carboxylic acids is 1. The normalized spacial score (nSPS) is 27.0. The van der Waals surface area contributed by atoms with Crippen LogP contribution in [0.4, 0.5) is 5.82 Å². The quantitative estimate of drug-likeness (QED) is 0.144. The highest BCUT2D eigenvalue weighted by Crippen LogP contribution is 2.47. The fraction of sp³-hybridized carbons (Fsp3) is 0.545. The third kappa shape index (κ3) is 4.56. The predicted octanol–water partition coefficient (Wildman–Crippen LogP) is -0.477. The number of aldehydes is 1. The molecule has 0 aliphatic carbocycles. The summed E-state index contributed by atoms with van der Waals surface area (Å²) < 4.78 is 23.0. The van der Waals surface area contributed by atoms with E-state index in [0.717, 1.165) is 0 Å². The van der Waals surface area contributed by atoms with Crippen molar-refractivity contribution in [2.24, 2.45) is 16.5 Å². The van der Waals surface area contributed by atoms with Gasteiger partial charge < -0.3 is 26.4 Å². The van der Waals surface area contributed by atoms with Crippen LogP contribution in [0.5, 0.6) is 0 Å². The fourth-order valence-electron chi connectivity index (χ4n) is 2.26. The topological polar surface area (TPSA) is 167 Å². The van der Waals surface area contributed by atoms with Crippen LogP contribution in [0.15, 0.2) is 11.3 Å². The standard InChI is InChI=1S/C11H19N6O5PS/c1-14-11(13)16-9-8(3-18)15-5-17(9)10-7(12)2-6(22-10)4-21-23(19,20)24/h3,5-7,10H,2,4,12H2,1H3,(H3,13,14,16)(H2,19,20,24)/t6-,7-,10?/m0/s1. The van der Waals surface area contributed by atoms with Crippen molar-refractivity contribution in [1.82, 2.24) is 14.9 Å². The highest BCUT2D eigenvalue weighted by atomic mass is 32.7. The highest BCUT2D eigenvalue weighted by Gasteiger charge is 2.36. The van der Waals surface area contributed by atoms with Gasteiger partial charge in [-0.25, -0.2) is 9.55 Å². The van der Waals surface area contributed by atoms with Crippen molar-refractivity contribution in [3.8, 4) is 0 Å². The van der Waals surface area contributed by atoms with Gasteiger partial charge in [0.05, 0.1) is 25.1 Å². The number of nitrogens with zero attached hydrogens (tertiary/aromatic N) is 3. The zero-order valence-corrected chi connectivity index (χ0v) is 14.6. The van der Waals surface area contributed by atoms with E-state index in [-0.39, 0.29) is 24.1 Å². The van der Waals surface area contributed by atoms with Crippen LogP contribution in [0.3, 0.4) is 0 Å². The molecule has 0 amide bonds. The lowest BCUT2D eigenvalue weighted by Crippen LogP contribution is -2.29. The van der Waals surface area contributed by atoms with Gasteiger partial charge in [-0.3, -0.25) is 13.9 Å². The maximum Gasteiger partial charge on any atom is 0.383 e. The molecule has 4 atom stereocenters. The van der Waals surface area contributed by atoms with Gasteiger partial charge in [-0.05, 0) is 6.42 Å². The molecule has 1 aliphatic heterocycles. The molecular weight excluding hydrogens is 359 g/mol. The first-order chi connectivity index (χ1) is 11.2. The average molecular weight is 378 g/mol. The summed E-state index contributed by atoms with van der Waals surface area (Å²) >= 11 is 3.43. The number of imidazole rings is 1. The molecule has 11 nitrogen and oxygen atoms in total. The van der Waals surface area contributed by atoms with Crippen LogP contribution in [-0.4, -0.2) is 52.5 Å². The van der Waals surface area contributed by atoms with Crippen molar-refractivity contribution in [2.75, 3.05) is 13.7 Å². The van der Waals surface area contributed by atoms with Gasteiger partial charge >= 0.3 is 6.80 Å². The highest BCUT2D eigenvalue weighted by molar-refractivity contribution is 8.44. The SMILES string of the molecule is CN/C(N)=N\c1c(C=O)ncn1C1O[C@H](COP(=O)(O)S)C[C@@H]1N. The molecule has 2 heterocycles. The monoisotopic (exact) mass is 378 g/mol. The maximum atomic E-state index is 11.1. The molecule has 1 aliphatic rings. The molecule has 1 saturated heterocycles. The number of aromatic nitrogens is 2. The summed E-state index contributed by atoms with van der Waals surface area (Å²) in [7, 11) is 1.58. The first-order valence-electron chi connectivity index (χ1n) is 6.90. The largest absolute Gasteiger partial charge is 0.383 e. The lowest BCUT2D eigenvalue weighted by atomic mass is 10.2. The molecule has 0 aromatic carbocycles. The van der Waals surface area contributed by atoms with Gasteiger partial charge in [0.15, 0.2) is 24.3 Å². The van der Waals surface area contributed by atoms with Crippen LogP contribution in [0, 0.1) is 0 Å². The average Bonchev–Trinajstić information content (AvgIpc) is 3.07. The number of guanidine groups is 1. The molecule has 2 unspecified atom stereocenters. The number of hydrogen-bond donors (Lipinski definition) is 5. The molecule has 1 fully saturated rings. The van der Waals surface area contributed by atoms with Gasteiger partial charge in [0.25, 0.3) is 0 Å². The van der Waals surface area contributed by atoms with Crippen molar-refractivity contribution >= 4 is 37.1 Å². The van der Waals surface area contributed by atoms with E-state index in [1.165, 1.54) is 10.9 Å². The zero-order chi connectivity index (χ0) is 17.9. The molecule has 134 valence electrons. The zero-order valence-electron chi connectivity index (χ0n) is 12.8. The van der Waals surface area contributed by atoms with Gasteiger partial charge in [0, 0.05) is 7.05 Å². The Kier molecular flexibility index (Phi) is 6.01. The Balaban J connectivity index is 2.21. The van der Waals surface area contributed by atoms with Crippen LogP contribution in [0.25, 0.3) is 0 Å². The van der Waals surface area contributed by atoms with Crippen LogP contribution in [0.2, 0.25) is 0 Å². The van der Waals surface area contributed by atoms with Crippen LogP contribution < -0.4 is 16.8 Å². The van der Waals surface area contributed by atoms with Crippen molar-refractivity contribution in [2.45, 2.75) is 24.8 Å². The smallest absolute Gasteiger partial charge is 0.370 e. The van der Waals surface area contributed by atoms with Gasteiger partial charge in [0.2, 0.25) is 0 Å². The number of hydrogen-bond acceptors (Lipinski definition) is 7. The summed E-state index contributed by atoms with van der Waals surface area (Å²) in [6.07, 6.45) is 1.09. The molecule has 0 radical (unpaired) electrons. The van der Waals surface area contributed by atoms with E-state index in [2.05, 4.69) is 27.5 Å². The predicted molar refractivity (Wildman–Crippen MR) is 89.2 cm³/mol. The number of nitrogens with two attached hydrogens (primary N) is 2. The van der Waals surface area contributed by atoms with Crippen molar-refractivity contribution < 1.29 is 23.5 Å². The second-order valence-corrected chi connectivity index (χ2v) is 7.82. The maximum absolute atomic E-state index is 11.1. The summed E-state index contributed by atoms with van der Waals surface area (Å²) in [5.74, 6) is 0.281. The molecule has 0 saturated carbocycles. The Bertz CT molecular complexity index is 676. The number of ether oxygens (including phenoxy) is 1. The number of rotatable bonds is 6. The van der Waals surface area contributed by atoms with E-state index in [9.17, 15) is 9.36 Å². The minimum atomic E-state index is -3.90. The van der Waals surface area contributed by atoms with Crippen LogP contribution in [0.1, 0.15) is 23.1 Å². The molecule has 13 heteroatoms. The second-order valence-electron chi connectivity index (χ2n) is 5.06. The van der Waals surface area contributed by atoms with E-state index in [4.69, 9.17) is 25.6 Å². The number of thiol groups is 1. The number of nitrogens with one attached hydrogen (secondary N) is 1. The summed E-state index contributed by atoms with van der Waals surface area (Å²) in [5, 5.41) is 2.64. The third-order valence-electron chi connectivity index (χ3n) is 3.32. The first-order valence-corrected chi connectivity index (χ1v) is 9.63. The van der Waals surface area contributed by atoms with E-state index in [1.54, 1.807) is 7.05 Å². The van der Waals surface area contributed by atoms with Crippen molar-refractivity contribution in [3.05, 3.63) is 12.0 Å². The van der Waals surface area contributed by atoms with Crippen molar-refractivity contribution in [1.29, 1.82) is 0 Å². The minimum Gasteiger partial charge on any atom is -0.370 e. The number of aliphatic imine (C=N–C) groups is 1. The van der Waals surface area contributed by atoms with E-state index < -0.39 is 25.2 Å². The van der Waals surface area contributed by atoms with Gasteiger partial charge in [0.1, 0.15) is 5.69 Å². The Morgan fingerprint density at radius 1 is 1.79 bits per heavy atom. The molecular formula is C11H19N6O5PS. The van der Waals surface area contributed by atoms with Crippen LogP contribution in [-0.2, 0) is 13.8 Å². The molecule has 24 heavy (non-hydrogen) atoms. The lowest BCUT2D eigenvalue weighted by molar-refractivity contribution is -0.0209. The Labute approximate surface area is 143 Å². The van der Waals surface area contributed by atoms with E-state index in [0.29, 0.717) is 12.7 Å². The molecule has 0 spiro atoms. The van der Waals surface area contributed by atoms with Gasteiger partial charge in [-0.2, -0.15) is 4.99 Å². The van der Waals surface area contributed by atoms with Crippen LogP contribution >= 0.6 is 19.0 Å². The van der Waals surface area contributed by atoms with Gasteiger partial charge in [-0.1, -0.05) is 12.2 Å². The molecule has 2 rings (SSSR count). The second kappa shape index (κ2) is 7.64. The Morgan fingerprint density at radius 2 is 2.50 bits per heavy atom. The first kappa shape index (κ1) is 18.9. The summed E-state index contributed by atoms with van der Waals surface area (Å²) in [5.41, 5.74) is 11.8. The van der Waals surface area contributed by atoms with Gasteiger partial charge in [-0.15, -0.1) is 0 Å². The molecule has 6 N–H and O–H groups in total. The Hall–Kier alpha value is -1.43. The minimum absolute atomic E-state index is 0.0823. The molecule has 0 bridgehead atoms. The summed E-state index contributed by atoms with van der Waals surface area (Å²) in [4.78, 5) is 28.2. The van der Waals surface area contributed by atoms with Crippen molar-refractivity contribution in [3.63, 3.8) is 0 Å². The lowest BCUT2D eigenvalue weighted by Gasteiger charge is -2.18. The Morgan fingerprint density at radius 3 is 3.08 bits per heavy atom. The summed E-state index contributed by atoms with van der Waals surface area (Å²) in [6, 6.07) is -0.463. The number of carbonyl (C=O) groups is 1. The molecule has 1 aromatic heterocycles. The fourth-order valence-corrected chi connectivity index (χ4v) is 2.82.